The summed E-state index contributed by atoms with van der Waals surface area (Å²) in [6.45, 7) is 0.649. The molecule has 5 nitrogen and oxygen atoms in total. The lowest BCUT2D eigenvalue weighted by atomic mass is 10.0. The largest absolute Gasteiger partial charge is 0.459 e. The van der Waals surface area contributed by atoms with Crippen LogP contribution in [0.2, 0.25) is 0 Å². The van der Waals surface area contributed by atoms with E-state index >= 15 is 0 Å². The van der Waals surface area contributed by atoms with Gasteiger partial charge in [0.1, 0.15) is 17.6 Å². The van der Waals surface area contributed by atoms with Gasteiger partial charge in [-0.3, -0.25) is 9.97 Å². The van der Waals surface area contributed by atoms with Crippen LogP contribution in [-0.2, 0) is 6.54 Å². The van der Waals surface area contributed by atoms with Crippen molar-refractivity contribution in [2.24, 2.45) is 0 Å². The number of nitrogens with one attached hydrogen (secondary N) is 1. The van der Waals surface area contributed by atoms with E-state index in [9.17, 15) is 0 Å². The maximum Gasteiger partial charge on any atom is 0.170 e. The molecule has 1 aliphatic rings. The van der Waals surface area contributed by atoms with Gasteiger partial charge >= 0.3 is 0 Å². The molecule has 2 unspecified atom stereocenters. The van der Waals surface area contributed by atoms with Crippen molar-refractivity contribution < 1.29 is 4.42 Å². The van der Waals surface area contributed by atoms with Gasteiger partial charge in [-0.25, -0.2) is 0 Å². The van der Waals surface area contributed by atoms with E-state index in [1.54, 1.807) is 18.6 Å². The van der Waals surface area contributed by atoms with Crippen LogP contribution in [0.4, 0.5) is 0 Å². The van der Waals surface area contributed by atoms with E-state index in [-0.39, 0.29) is 12.1 Å². The molecule has 0 spiro atoms. The summed E-state index contributed by atoms with van der Waals surface area (Å²) >= 11 is 9.22. The highest BCUT2D eigenvalue weighted by Gasteiger charge is 2.41. The Kier molecular flexibility index (Phi) is 5.53. The molecule has 0 aliphatic carbocycles. The van der Waals surface area contributed by atoms with Crippen molar-refractivity contribution in [1.82, 2.24) is 20.2 Å². The average molecular weight is 491 g/mol. The van der Waals surface area contributed by atoms with Gasteiger partial charge in [-0.15, -0.1) is 0 Å². The highest BCUT2D eigenvalue weighted by molar-refractivity contribution is 9.10. The van der Waals surface area contributed by atoms with Gasteiger partial charge < -0.3 is 14.6 Å². The van der Waals surface area contributed by atoms with Gasteiger partial charge in [0.25, 0.3) is 0 Å². The Balaban J connectivity index is 1.53. The summed E-state index contributed by atoms with van der Waals surface area (Å²) in [6, 6.07) is 21.8. The zero-order chi connectivity index (χ0) is 21.2. The molecule has 0 bridgehead atoms. The molecule has 154 valence electrons. The minimum absolute atomic E-state index is 0.112. The first-order valence-electron chi connectivity index (χ1n) is 9.92. The molecule has 1 N–H and O–H groups in total. The quantitative estimate of drug-likeness (QED) is 0.363. The molecule has 0 saturated carbocycles. The van der Waals surface area contributed by atoms with Gasteiger partial charge in [0.2, 0.25) is 0 Å². The van der Waals surface area contributed by atoms with E-state index in [0.717, 1.165) is 32.8 Å². The SMILES string of the molecule is S=C1NC(c2ccccn2)C(c2ccc(-c3ccc(Br)cc3)o2)N1Cc1ccncc1. The second-order valence-corrected chi connectivity index (χ2v) is 8.62. The summed E-state index contributed by atoms with van der Waals surface area (Å²) in [7, 11) is 0. The Bertz CT molecular complexity index is 1180. The fourth-order valence-corrected chi connectivity index (χ4v) is 4.42. The summed E-state index contributed by atoms with van der Waals surface area (Å²) in [5.74, 6) is 1.67. The van der Waals surface area contributed by atoms with Gasteiger partial charge in [0.15, 0.2) is 5.11 Å². The van der Waals surface area contributed by atoms with Crippen molar-refractivity contribution in [3.63, 3.8) is 0 Å². The first-order chi connectivity index (χ1) is 15.2. The number of nitrogens with zero attached hydrogens (tertiary/aromatic N) is 3. The highest BCUT2D eigenvalue weighted by atomic mass is 79.9. The zero-order valence-electron chi connectivity index (χ0n) is 16.5. The van der Waals surface area contributed by atoms with Crippen molar-refractivity contribution in [2.45, 2.75) is 18.6 Å². The number of aromatic nitrogens is 2. The van der Waals surface area contributed by atoms with Gasteiger partial charge in [-0.1, -0.05) is 34.1 Å². The van der Waals surface area contributed by atoms with Gasteiger partial charge in [0.05, 0.1) is 11.7 Å². The number of hydrogen-bond donors (Lipinski definition) is 1. The molecule has 31 heavy (non-hydrogen) atoms. The summed E-state index contributed by atoms with van der Waals surface area (Å²) in [5, 5.41) is 4.14. The van der Waals surface area contributed by atoms with Crippen molar-refractivity contribution in [1.29, 1.82) is 0 Å². The summed E-state index contributed by atoms with van der Waals surface area (Å²) in [4.78, 5) is 10.9. The number of pyridine rings is 2. The van der Waals surface area contributed by atoms with E-state index in [4.69, 9.17) is 16.6 Å². The zero-order valence-corrected chi connectivity index (χ0v) is 18.9. The Morgan fingerprint density at radius 3 is 2.52 bits per heavy atom. The molecule has 7 heteroatoms. The van der Waals surface area contributed by atoms with Gasteiger partial charge in [0, 0.05) is 35.2 Å². The van der Waals surface area contributed by atoms with Crippen molar-refractivity contribution in [3.05, 3.63) is 107 Å². The predicted octanol–water partition coefficient (Wildman–Crippen LogP) is 5.67. The van der Waals surface area contributed by atoms with E-state index in [0.29, 0.717) is 11.7 Å². The number of rotatable bonds is 5. The molecule has 1 fully saturated rings. The minimum atomic E-state index is -0.125. The molecule has 3 aromatic heterocycles. The van der Waals surface area contributed by atoms with Crippen LogP contribution in [0.3, 0.4) is 0 Å². The van der Waals surface area contributed by atoms with Crippen LogP contribution in [0.5, 0.6) is 0 Å². The predicted molar refractivity (Wildman–Crippen MR) is 127 cm³/mol. The molecule has 1 aliphatic heterocycles. The fraction of sp³-hybridized carbons (Fsp3) is 0.125. The summed E-state index contributed by atoms with van der Waals surface area (Å²) < 4.78 is 7.40. The maximum atomic E-state index is 6.36. The second-order valence-electron chi connectivity index (χ2n) is 7.32. The van der Waals surface area contributed by atoms with Crippen LogP contribution in [0.25, 0.3) is 11.3 Å². The van der Waals surface area contributed by atoms with Crippen molar-refractivity contribution >= 4 is 33.3 Å². The molecular formula is C24H19BrN4OS. The molecule has 0 amide bonds. The third-order valence-corrected chi connectivity index (χ3v) is 6.23. The number of benzene rings is 1. The third-order valence-electron chi connectivity index (χ3n) is 5.35. The average Bonchev–Trinajstić information content (AvgIpc) is 3.41. The molecule has 4 aromatic rings. The number of thiocarbonyl (C=S) groups is 1. The molecular weight excluding hydrogens is 472 g/mol. The van der Waals surface area contributed by atoms with E-state index in [1.165, 1.54) is 0 Å². The topological polar surface area (TPSA) is 54.2 Å². The molecule has 5 rings (SSSR count). The van der Waals surface area contributed by atoms with Crippen LogP contribution in [-0.4, -0.2) is 20.0 Å². The maximum absolute atomic E-state index is 6.36. The van der Waals surface area contributed by atoms with Crippen LogP contribution in [0.15, 0.2) is 94.2 Å². The molecule has 4 heterocycles. The van der Waals surface area contributed by atoms with E-state index < -0.39 is 0 Å². The number of furan rings is 1. The summed E-state index contributed by atoms with van der Waals surface area (Å²) in [6.07, 6.45) is 5.40. The van der Waals surface area contributed by atoms with Crippen molar-refractivity contribution in [3.8, 4) is 11.3 Å². The van der Waals surface area contributed by atoms with E-state index in [2.05, 4.69) is 36.1 Å². The van der Waals surface area contributed by atoms with Crippen LogP contribution >= 0.6 is 28.1 Å². The van der Waals surface area contributed by atoms with Crippen LogP contribution < -0.4 is 5.32 Å². The van der Waals surface area contributed by atoms with Gasteiger partial charge in [-0.2, -0.15) is 0 Å². The first kappa shape index (κ1) is 19.9. The second kappa shape index (κ2) is 8.61. The van der Waals surface area contributed by atoms with Crippen LogP contribution in [0.1, 0.15) is 29.1 Å². The standard InChI is InChI=1S/C24H19BrN4OS/c25-18-6-4-17(5-7-18)20-8-9-21(30-20)23-22(19-3-1-2-12-27-19)28-24(31)29(23)15-16-10-13-26-14-11-16/h1-14,22-23H,15H2,(H,28,31). The first-order valence-corrected chi connectivity index (χ1v) is 11.1. The Labute approximate surface area is 194 Å². The Morgan fingerprint density at radius 1 is 0.968 bits per heavy atom. The number of hydrogen-bond acceptors (Lipinski definition) is 4. The minimum Gasteiger partial charge on any atom is -0.459 e. The fourth-order valence-electron chi connectivity index (χ4n) is 3.85. The van der Waals surface area contributed by atoms with Gasteiger partial charge in [-0.05, 0) is 66.3 Å². The molecule has 0 radical (unpaired) electrons. The lowest BCUT2D eigenvalue weighted by molar-refractivity contribution is 0.269. The van der Waals surface area contributed by atoms with E-state index in [1.807, 2.05) is 66.7 Å². The number of halogens is 1. The highest BCUT2D eigenvalue weighted by Crippen LogP contribution is 2.41. The van der Waals surface area contributed by atoms with Crippen LogP contribution in [0, 0.1) is 0 Å². The Hall–Kier alpha value is -3.03. The summed E-state index contributed by atoms with van der Waals surface area (Å²) in [5.41, 5.74) is 3.08. The lowest BCUT2D eigenvalue weighted by Crippen LogP contribution is -2.29. The third kappa shape index (κ3) is 4.11. The lowest BCUT2D eigenvalue weighted by Gasteiger charge is -2.26. The Morgan fingerprint density at radius 2 is 1.77 bits per heavy atom. The smallest absolute Gasteiger partial charge is 0.170 e. The molecule has 1 aromatic carbocycles. The normalized spacial score (nSPS) is 18.2. The monoisotopic (exact) mass is 490 g/mol. The molecule has 2 atom stereocenters. The van der Waals surface area contributed by atoms with Crippen molar-refractivity contribution in [2.75, 3.05) is 0 Å². The molecule has 1 saturated heterocycles.